The number of ether oxygens (including phenoxy) is 2. The number of likely N-dealkylation sites (N-methyl/N-ethyl adjacent to an activating group) is 1. The second kappa shape index (κ2) is 11.1. The van der Waals surface area contributed by atoms with Gasteiger partial charge in [-0.15, -0.1) is 5.10 Å². The summed E-state index contributed by atoms with van der Waals surface area (Å²) in [5, 5.41) is 30.0. The summed E-state index contributed by atoms with van der Waals surface area (Å²) in [7, 11) is 2.83. The van der Waals surface area contributed by atoms with Crippen molar-refractivity contribution in [2.24, 2.45) is 0 Å². The number of hydrogen-bond donors (Lipinski definition) is 2. The lowest BCUT2D eigenvalue weighted by Gasteiger charge is -2.43. The fourth-order valence-electron chi connectivity index (χ4n) is 4.83. The third kappa shape index (κ3) is 4.90. The van der Waals surface area contributed by atoms with Crippen molar-refractivity contribution in [2.45, 2.75) is 30.5 Å². The number of nitrogens with zero attached hydrogens (tertiary/aromatic N) is 5. The molecule has 0 saturated carbocycles. The minimum atomic E-state index is -1.63. The molecule has 1 amide bonds. The maximum atomic E-state index is 13.8. The number of aliphatic hydroxyl groups is 2. The van der Waals surface area contributed by atoms with Gasteiger partial charge in [-0.25, -0.2) is 17.9 Å². The van der Waals surface area contributed by atoms with E-state index in [0.717, 1.165) is 16.8 Å². The lowest BCUT2D eigenvalue weighted by molar-refractivity contribution is -0.211. The average Bonchev–Trinajstić information content (AvgIpc) is 3.43. The van der Waals surface area contributed by atoms with E-state index in [1.165, 1.54) is 31.5 Å². The van der Waals surface area contributed by atoms with Crippen LogP contribution in [0.2, 0.25) is 5.02 Å². The second-order valence-corrected chi connectivity index (χ2v) is 9.62. The summed E-state index contributed by atoms with van der Waals surface area (Å²) in [5.74, 6) is -5.01. The van der Waals surface area contributed by atoms with Crippen LogP contribution < -0.4 is 4.90 Å². The molecule has 2 aromatic carbocycles. The minimum absolute atomic E-state index is 0.0335. The van der Waals surface area contributed by atoms with Crippen molar-refractivity contribution in [3.63, 3.8) is 0 Å². The predicted molar refractivity (Wildman–Crippen MR) is 137 cm³/mol. The Kier molecular flexibility index (Phi) is 7.75. The molecule has 2 aromatic heterocycles. The number of aliphatic hydroxyl groups excluding tert-OH is 2. The first-order valence-corrected chi connectivity index (χ1v) is 12.4. The highest BCUT2D eigenvalue weighted by molar-refractivity contribution is 6.31. The molecule has 1 aliphatic rings. The molecule has 14 heteroatoms. The molecule has 2 N–H and O–H groups in total. The van der Waals surface area contributed by atoms with Crippen LogP contribution in [-0.2, 0) is 14.3 Å². The molecule has 5 rings (SSSR count). The molecule has 0 aliphatic carbocycles. The van der Waals surface area contributed by atoms with Gasteiger partial charge in [-0.2, -0.15) is 0 Å². The summed E-state index contributed by atoms with van der Waals surface area (Å²) < 4.78 is 53.6. The zero-order chi connectivity index (χ0) is 28.7. The summed E-state index contributed by atoms with van der Waals surface area (Å²) in [6.07, 6.45) is -2.34. The first-order chi connectivity index (χ1) is 19.1. The van der Waals surface area contributed by atoms with E-state index >= 15 is 0 Å². The molecule has 1 fully saturated rings. The Balaban J connectivity index is 1.50. The number of pyridine rings is 1. The van der Waals surface area contributed by atoms with Gasteiger partial charge in [0.2, 0.25) is 0 Å². The number of amides is 1. The smallest absolute Gasteiger partial charge is 0.258 e. The van der Waals surface area contributed by atoms with Crippen LogP contribution in [0.1, 0.15) is 6.04 Å². The zero-order valence-corrected chi connectivity index (χ0v) is 21.8. The molecule has 0 bridgehead atoms. The van der Waals surface area contributed by atoms with E-state index in [-0.39, 0.29) is 11.3 Å². The van der Waals surface area contributed by atoms with Gasteiger partial charge in [0.25, 0.3) is 5.91 Å². The first kappa shape index (κ1) is 27.9. The monoisotopic (exact) mass is 577 g/mol. The number of methoxy groups -OCH3 is 1. The van der Waals surface area contributed by atoms with Gasteiger partial charge >= 0.3 is 0 Å². The van der Waals surface area contributed by atoms with Crippen LogP contribution in [-0.4, -0.2) is 81.3 Å². The lowest BCUT2D eigenvalue weighted by Crippen LogP contribution is -2.60. The Morgan fingerprint density at radius 1 is 1.20 bits per heavy atom. The number of aromatic nitrogens is 4. The zero-order valence-electron chi connectivity index (χ0n) is 21.1. The maximum Gasteiger partial charge on any atom is 0.258 e. The van der Waals surface area contributed by atoms with Crippen molar-refractivity contribution in [2.75, 3.05) is 25.7 Å². The molecule has 10 nitrogen and oxygen atoms in total. The van der Waals surface area contributed by atoms with Gasteiger partial charge in [-0.05, 0) is 36.4 Å². The Hall–Kier alpha value is -3.62. The molecule has 3 heterocycles. The molecule has 4 aromatic rings. The van der Waals surface area contributed by atoms with Crippen LogP contribution in [0.15, 0.2) is 48.8 Å². The summed E-state index contributed by atoms with van der Waals surface area (Å²) in [5.41, 5.74) is 0.919. The molecule has 1 aliphatic heterocycles. The second-order valence-electron chi connectivity index (χ2n) is 9.19. The number of fused-ring (bicyclic) bond motifs is 1. The summed E-state index contributed by atoms with van der Waals surface area (Å²) in [6, 6.07) is 7.07. The van der Waals surface area contributed by atoms with Crippen molar-refractivity contribution < 1.29 is 37.7 Å². The Morgan fingerprint density at radius 2 is 1.93 bits per heavy atom. The van der Waals surface area contributed by atoms with Gasteiger partial charge in [0.15, 0.2) is 23.6 Å². The number of anilines is 1. The van der Waals surface area contributed by atoms with Crippen LogP contribution in [0.3, 0.4) is 0 Å². The molecular weight excluding hydrogens is 555 g/mol. The highest BCUT2D eigenvalue weighted by atomic mass is 35.5. The molecule has 0 radical (unpaired) electrons. The normalized spacial score (nSPS) is 22.9. The van der Waals surface area contributed by atoms with Gasteiger partial charge in [0.05, 0.1) is 24.0 Å². The van der Waals surface area contributed by atoms with Gasteiger partial charge in [-0.3, -0.25) is 9.78 Å². The standard InChI is InChI=1S/C26H23ClF3N5O5/c1-34(19-5-6-31-17-9-13(27)3-4-14(17)19)26(38)25-24(39-2)22(23(37)20(11-36)40-25)35-10-18(32-33-35)12-7-15(28)21(30)16(29)8-12/h3-10,20,22-25,36-37H,11H2,1-2H3/t20-,22+,23+,24-,25-/m1/s1. The van der Waals surface area contributed by atoms with Gasteiger partial charge in [0, 0.05) is 36.3 Å². The van der Waals surface area contributed by atoms with Gasteiger partial charge < -0.3 is 24.6 Å². The van der Waals surface area contributed by atoms with Crippen LogP contribution >= 0.6 is 11.6 Å². The number of halogens is 4. The SMILES string of the molecule is CO[C@@H]1[C@@H](n2cc(-c3cc(F)c(F)c(F)c3)nn2)[C@@H](O)[C@@H](CO)O[C@H]1C(=O)N(C)c1ccnc2cc(Cl)ccc12. The fourth-order valence-corrected chi connectivity index (χ4v) is 4.99. The van der Waals surface area contributed by atoms with Crippen molar-refractivity contribution in [3.8, 4) is 11.3 Å². The van der Waals surface area contributed by atoms with E-state index in [9.17, 15) is 28.2 Å². The van der Waals surface area contributed by atoms with E-state index in [2.05, 4.69) is 15.3 Å². The fraction of sp³-hybridized carbons (Fsp3) is 0.308. The maximum absolute atomic E-state index is 13.8. The number of carbonyl (C=O) groups is 1. The summed E-state index contributed by atoms with van der Waals surface area (Å²) in [6.45, 7) is -0.645. The molecule has 0 unspecified atom stereocenters. The van der Waals surface area contributed by atoms with Crippen LogP contribution in [0.4, 0.5) is 18.9 Å². The third-order valence-electron chi connectivity index (χ3n) is 6.85. The van der Waals surface area contributed by atoms with E-state index in [0.29, 0.717) is 21.6 Å². The molecule has 1 saturated heterocycles. The number of benzene rings is 2. The molecule has 210 valence electrons. The van der Waals surface area contributed by atoms with Crippen molar-refractivity contribution in [3.05, 3.63) is 71.3 Å². The van der Waals surface area contributed by atoms with Crippen molar-refractivity contribution in [1.29, 1.82) is 0 Å². The van der Waals surface area contributed by atoms with Gasteiger partial charge in [-0.1, -0.05) is 16.8 Å². The Morgan fingerprint density at radius 3 is 2.60 bits per heavy atom. The van der Waals surface area contributed by atoms with E-state index in [1.807, 2.05) is 0 Å². The Bertz CT molecular complexity index is 1550. The molecular formula is C26H23ClF3N5O5. The van der Waals surface area contributed by atoms with E-state index in [1.54, 1.807) is 24.3 Å². The van der Waals surface area contributed by atoms with Crippen LogP contribution in [0.25, 0.3) is 22.2 Å². The first-order valence-electron chi connectivity index (χ1n) is 12.0. The highest BCUT2D eigenvalue weighted by Gasteiger charge is 2.50. The van der Waals surface area contributed by atoms with Crippen LogP contribution in [0.5, 0.6) is 0 Å². The molecule has 0 spiro atoms. The van der Waals surface area contributed by atoms with E-state index < -0.39 is 60.4 Å². The number of hydrogen-bond acceptors (Lipinski definition) is 8. The quantitative estimate of drug-likeness (QED) is 0.336. The predicted octanol–water partition coefficient (Wildman–Crippen LogP) is 2.90. The minimum Gasteiger partial charge on any atom is -0.394 e. The molecule has 5 atom stereocenters. The summed E-state index contributed by atoms with van der Waals surface area (Å²) in [4.78, 5) is 19.4. The largest absolute Gasteiger partial charge is 0.394 e. The number of carbonyl (C=O) groups excluding carboxylic acids is 1. The van der Waals surface area contributed by atoms with E-state index in [4.69, 9.17) is 21.1 Å². The number of rotatable bonds is 6. The summed E-state index contributed by atoms with van der Waals surface area (Å²) >= 11 is 6.08. The average molecular weight is 578 g/mol. The lowest BCUT2D eigenvalue weighted by atomic mass is 9.91. The molecule has 40 heavy (non-hydrogen) atoms. The topological polar surface area (TPSA) is 123 Å². The van der Waals surface area contributed by atoms with Crippen molar-refractivity contribution >= 4 is 34.1 Å². The Labute approximate surface area is 230 Å². The third-order valence-corrected chi connectivity index (χ3v) is 7.09. The van der Waals surface area contributed by atoms with Crippen LogP contribution in [0, 0.1) is 17.5 Å². The highest BCUT2D eigenvalue weighted by Crippen LogP contribution is 2.35. The van der Waals surface area contributed by atoms with Gasteiger partial charge in [0.1, 0.15) is 30.0 Å². The van der Waals surface area contributed by atoms with Crippen molar-refractivity contribution in [1.82, 2.24) is 20.0 Å².